The van der Waals surface area contributed by atoms with Gasteiger partial charge in [-0.2, -0.15) is 5.26 Å². The number of thiol groups is 1. The molecule has 1 aromatic rings. The van der Waals surface area contributed by atoms with Gasteiger partial charge in [-0.25, -0.2) is 0 Å². The molecule has 0 atom stereocenters. The highest BCUT2D eigenvalue weighted by atomic mass is 32.1. The van der Waals surface area contributed by atoms with Gasteiger partial charge in [-0.05, 0) is 24.1 Å². The number of nitriles is 1. The van der Waals surface area contributed by atoms with E-state index >= 15 is 0 Å². The summed E-state index contributed by atoms with van der Waals surface area (Å²) in [6.07, 6.45) is 0.481. The first-order valence-electron chi connectivity index (χ1n) is 3.39. The van der Waals surface area contributed by atoms with E-state index in [0.717, 1.165) is 16.0 Å². The Labute approximate surface area is 72.1 Å². The highest BCUT2D eigenvalue weighted by molar-refractivity contribution is 7.80. The normalized spacial score (nSPS) is 9.18. The molecule has 0 radical (unpaired) electrons. The second-order valence-corrected chi connectivity index (χ2v) is 2.94. The van der Waals surface area contributed by atoms with Crippen LogP contribution in [0.15, 0.2) is 23.1 Å². The van der Waals surface area contributed by atoms with E-state index in [-0.39, 0.29) is 0 Å². The number of hydrogen-bond donors (Lipinski definition) is 1. The molecular weight excluding hydrogens is 154 g/mol. The van der Waals surface area contributed by atoms with E-state index in [1.54, 1.807) is 0 Å². The molecule has 0 saturated heterocycles. The van der Waals surface area contributed by atoms with Crippen LogP contribution in [0.2, 0.25) is 0 Å². The van der Waals surface area contributed by atoms with Crippen molar-refractivity contribution in [2.75, 3.05) is 0 Å². The first-order valence-corrected chi connectivity index (χ1v) is 3.84. The zero-order chi connectivity index (χ0) is 8.27. The summed E-state index contributed by atoms with van der Waals surface area (Å²) in [6, 6.07) is 7.95. The molecule has 0 unspecified atom stereocenters. The van der Waals surface area contributed by atoms with Crippen LogP contribution in [0.3, 0.4) is 0 Å². The molecule has 0 heterocycles. The Bertz CT molecular complexity index is 299. The largest absolute Gasteiger partial charge is 0.198 e. The number of nitrogens with zero attached hydrogens (tertiary/aromatic N) is 1. The Kier molecular flexibility index (Phi) is 2.56. The fourth-order valence-corrected chi connectivity index (χ4v) is 1.06. The standard InChI is InChI=1S/C9H9NS/c1-7-6-8(4-5-10)2-3-9(7)11/h2-3,6,11H,4H2,1H3. The minimum Gasteiger partial charge on any atom is -0.198 e. The Morgan fingerprint density at radius 2 is 2.27 bits per heavy atom. The van der Waals surface area contributed by atoms with Crippen LogP contribution in [-0.2, 0) is 6.42 Å². The van der Waals surface area contributed by atoms with Crippen LogP contribution >= 0.6 is 12.6 Å². The van der Waals surface area contributed by atoms with Crippen molar-refractivity contribution in [3.05, 3.63) is 29.3 Å². The molecule has 0 saturated carbocycles. The summed E-state index contributed by atoms with van der Waals surface area (Å²) >= 11 is 4.23. The molecule has 1 aromatic carbocycles. The molecule has 11 heavy (non-hydrogen) atoms. The summed E-state index contributed by atoms with van der Waals surface area (Å²) in [4.78, 5) is 0.978. The molecule has 2 heteroatoms. The first-order chi connectivity index (χ1) is 5.24. The summed E-state index contributed by atoms with van der Waals surface area (Å²) in [5, 5.41) is 8.41. The summed E-state index contributed by atoms with van der Waals surface area (Å²) in [7, 11) is 0. The van der Waals surface area contributed by atoms with Crippen molar-refractivity contribution in [2.24, 2.45) is 0 Å². The quantitative estimate of drug-likeness (QED) is 0.631. The number of rotatable bonds is 1. The van der Waals surface area contributed by atoms with Gasteiger partial charge >= 0.3 is 0 Å². The molecule has 0 aliphatic rings. The van der Waals surface area contributed by atoms with E-state index < -0.39 is 0 Å². The SMILES string of the molecule is Cc1cc(CC#N)ccc1S. The van der Waals surface area contributed by atoms with Crippen molar-refractivity contribution in [3.63, 3.8) is 0 Å². The molecular formula is C9H9NS. The van der Waals surface area contributed by atoms with Gasteiger partial charge in [0, 0.05) is 4.90 Å². The zero-order valence-electron chi connectivity index (χ0n) is 6.33. The number of hydrogen-bond acceptors (Lipinski definition) is 2. The van der Waals surface area contributed by atoms with Crippen molar-refractivity contribution >= 4 is 12.6 Å². The van der Waals surface area contributed by atoms with Crippen LogP contribution in [-0.4, -0.2) is 0 Å². The van der Waals surface area contributed by atoms with E-state index in [4.69, 9.17) is 5.26 Å². The topological polar surface area (TPSA) is 23.8 Å². The predicted octanol–water partition coefficient (Wildman–Crippen LogP) is 2.35. The molecule has 0 aliphatic carbocycles. The average Bonchev–Trinajstić information content (AvgIpc) is 1.98. The maximum absolute atomic E-state index is 8.41. The number of aryl methyl sites for hydroxylation is 1. The molecule has 1 nitrogen and oxygen atoms in total. The Morgan fingerprint density at radius 3 is 2.82 bits per heavy atom. The first kappa shape index (κ1) is 8.16. The van der Waals surface area contributed by atoms with Crippen LogP contribution in [0, 0.1) is 18.3 Å². The van der Waals surface area contributed by atoms with Crippen molar-refractivity contribution < 1.29 is 0 Å². The Balaban J connectivity index is 2.98. The minimum absolute atomic E-state index is 0.481. The minimum atomic E-state index is 0.481. The monoisotopic (exact) mass is 163 g/mol. The summed E-state index contributed by atoms with van der Waals surface area (Å²) in [5.41, 5.74) is 2.18. The third-order valence-electron chi connectivity index (χ3n) is 1.54. The zero-order valence-corrected chi connectivity index (χ0v) is 7.23. The van der Waals surface area contributed by atoms with E-state index in [1.807, 2.05) is 25.1 Å². The molecule has 0 bridgehead atoms. The van der Waals surface area contributed by atoms with Crippen molar-refractivity contribution in [3.8, 4) is 6.07 Å². The lowest BCUT2D eigenvalue weighted by molar-refractivity contribution is 1.20. The van der Waals surface area contributed by atoms with Crippen LogP contribution in [0.1, 0.15) is 11.1 Å². The molecule has 0 spiro atoms. The van der Waals surface area contributed by atoms with Gasteiger partial charge in [0.25, 0.3) is 0 Å². The lowest BCUT2D eigenvalue weighted by atomic mass is 10.1. The average molecular weight is 163 g/mol. The Hall–Kier alpha value is -0.940. The van der Waals surface area contributed by atoms with Gasteiger partial charge in [-0.15, -0.1) is 12.6 Å². The maximum Gasteiger partial charge on any atom is 0.0669 e. The van der Waals surface area contributed by atoms with Crippen LogP contribution in [0.5, 0.6) is 0 Å². The smallest absolute Gasteiger partial charge is 0.0669 e. The maximum atomic E-state index is 8.41. The second-order valence-electron chi connectivity index (χ2n) is 2.46. The third kappa shape index (κ3) is 1.99. The molecule has 0 aromatic heterocycles. The van der Waals surface area contributed by atoms with E-state index in [9.17, 15) is 0 Å². The van der Waals surface area contributed by atoms with Crippen molar-refractivity contribution in [1.82, 2.24) is 0 Å². The fraction of sp³-hybridized carbons (Fsp3) is 0.222. The van der Waals surface area contributed by atoms with Gasteiger partial charge in [-0.1, -0.05) is 12.1 Å². The fourth-order valence-electron chi connectivity index (χ4n) is 0.919. The van der Waals surface area contributed by atoms with Gasteiger partial charge in [0.2, 0.25) is 0 Å². The highest BCUT2D eigenvalue weighted by Crippen LogP contribution is 2.14. The van der Waals surface area contributed by atoms with Crippen LogP contribution in [0.4, 0.5) is 0 Å². The summed E-state index contributed by atoms with van der Waals surface area (Å²) < 4.78 is 0. The van der Waals surface area contributed by atoms with Gasteiger partial charge in [0.05, 0.1) is 12.5 Å². The van der Waals surface area contributed by atoms with Gasteiger partial charge < -0.3 is 0 Å². The third-order valence-corrected chi connectivity index (χ3v) is 2.05. The van der Waals surface area contributed by atoms with Gasteiger partial charge in [-0.3, -0.25) is 0 Å². The lowest BCUT2D eigenvalue weighted by Gasteiger charge is -1.99. The van der Waals surface area contributed by atoms with Crippen molar-refractivity contribution in [2.45, 2.75) is 18.2 Å². The number of benzene rings is 1. The van der Waals surface area contributed by atoms with E-state index in [0.29, 0.717) is 6.42 Å². The van der Waals surface area contributed by atoms with Crippen LogP contribution in [0.25, 0.3) is 0 Å². The predicted molar refractivity (Wildman–Crippen MR) is 47.7 cm³/mol. The second kappa shape index (κ2) is 3.45. The molecule has 56 valence electrons. The molecule has 0 amide bonds. The van der Waals surface area contributed by atoms with E-state index in [2.05, 4.69) is 18.7 Å². The van der Waals surface area contributed by atoms with Crippen molar-refractivity contribution in [1.29, 1.82) is 5.26 Å². The van der Waals surface area contributed by atoms with Gasteiger partial charge in [0.1, 0.15) is 0 Å². The summed E-state index contributed by atoms with van der Waals surface area (Å²) in [5.74, 6) is 0. The summed E-state index contributed by atoms with van der Waals surface area (Å²) in [6.45, 7) is 1.99. The van der Waals surface area contributed by atoms with Gasteiger partial charge in [0.15, 0.2) is 0 Å². The molecule has 0 N–H and O–H groups in total. The molecule has 0 fully saturated rings. The highest BCUT2D eigenvalue weighted by Gasteiger charge is 1.94. The van der Waals surface area contributed by atoms with Crippen LogP contribution < -0.4 is 0 Å². The molecule has 0 aliphatic heterocycles. The molecule has 1 rings (SSSR count). The lowest BCUT2D eigenvalue weighted by Crippen LogP contribution is -1.83. The Morgan fingerprint density at radius 1 is 1.55 bits per heavy atom. The van der Waals surface area contributed by atoms with E-state index in [1.165, 1.54) is 0 Å².